The van der Waals surface area contributed by atoms with Crippen molar-refractivity contribution in [2.24, 2.45) is 9.98 Å². The van der Waals surface area contributed by atoms with E-state index in [4.69, 9.17) is 0 Å². The number of hydrogen-bond acceptors (Lipinski definition) is 6. The summed E-state index contributed by atoms with van der Waals surface area (Å²) in [6, 6.07) is 26.2. The van der Waals surface area contributed by atoms with E-state index in [0.717, 1.165) is 30.1 Å². The van der Waals surface area contributed by atoms with Crippen LogP contribution in [0.4, 0.5) is 11.4 Å². The van der Waals surface area contributed by atoms with Gasteiger partial charge in [-0.2, -0.15) is 0 Å². The molecular formula is C26H18Br2N2O2S2. The van der Waals surface area contributed by atoms with Gasteiger partial charge in [0, 0.05) is 42.3 Å². The summed E-state index contributed by atoms with van der Waals surface area (Å²) in [7, 11) is 3.17. The summed E-state index contributed by atoms with van der Waals surface area (Å²) >= 11 is 6.84. The van der Waals surface area contributed by atoms with Crippen LogP contribution in [-0.4, -0.2) is 22.6 Å². The minimum absolute atomic E-state index is 0.176. The first-order valence-electron chi connectivity index (χ1n) is 10.1. The third kappa shape index (κ3) is 6.54. The molecule has 0 saturated heterocycles. The summed E-state index contributed by atoms with van der Waals surface area (Å²) in [5.74, 6) is 0.351. The van der Waals surface area contributed by atoms with Gasteiger partial charge in [0.25, 0.3) is 0 Å². The first-order valence-corrected chi connectivity index (χ1v) is 13.8. The van der Waals surface area contributed by atoms with Crippen LogP contribution in [0.15, 0.2) is 114 Å². The Bertz CT molecular complexity index is 1270. The Morgan fingerprint density at radius 1 is 0.588 bits per heavy atom. The van der Waals surface area contributed by atoms with Crippen LogP contribution < -0.4 is 0 Å². The summed E-state index contributed by atoms with van der Waals surface area (Å²) in [6.07, 6.45) is 3.32. The van der Waals surface area contributed by atoms with Crippen molar-refractivity contribution in [1.29, 1.82) is 0 Å². The normalized spacial score (nSPS) is 11.5. The number of halogens is 2. The highest BCUT2D eigenvalue weighted by molar-refractivity contribution is 9.10. The van der Waals surface area contributed by atoms with Crippen molar-refractivity contribution >= 4 is 77.3 Å². The highest BCUT2D eigenvalue weighted by Crippen LogP contribution is 2.44. The van der Waals surface area contributed by atoms with Crippen molar-refractivity contribution in [2.75, 3.05) is 0 Å². The largest absolute Gasteiger partial charge is 0.507 e. The Morgan fingerprint density at radius 3 is 1.44 bits per heavy atom. The first-order chi connectivity index (χ1) is 16.5. The Morgan fingerprint density at radius 2 is 1.00 bits per heavy atom. The van der Waals surface area contributed by atoms with Crippen LogP contribution in [0.2, 0.25) is 0 Å². The van der Waals surface area contributed by atoms with Crippen molar-refractivity contribution in [2.45, 2.75) is 9.79 Å². The molecule has 0 amide bonds. The number of phenolic OH excluding ortho intramolecular Hbond substituents is 2. The van der Waals surface area contributed by atoms with Crippen LogP contribution in [-0.2, 0) is 0 Å². The van der Waals surface area contributed by atoms with Gasteiger partial charge < -0.3 is 10.2 Å². The number of nitrogens with zero attached hydrogens (tertiary/aromatic N) is 2. The molecule has 0 fully saturated rings. The van der Waals surface area contributed by atoms with Gasteiger partial charge in [-0.05, 0) is 60.7 Å². The quantitative estimate of drug-likeness (QED) is 0.161. The van der Waals surface area contributed by atoms with Gasteiger partial charge in [-0.3, -0.25) is 9.98 Å². The molecule has 0 aromatic heterocycles. The second-order valence-electron chi connectivity index (χ2n) is 7.02. The maximum atomic E-state index is 10.1. The van der Waals surface area contributed by atoms with Crippen LogP contribution in [0.1, 0.15) is 11.1 Å². The van der Waals surface area contributed by atoms with Crippen LogP contribution in [0, 0.1) is 0 Å². The van der Waals surface area contributed by atoms with Crippen molar-refractivity contribution in [3.63, 3.8) is 0 Å². The number of rotatable bonds is 7. The SMILES string of the molecule is Oc1ccc(Br)cc1C=Nc1ccccc1SSc1ccccc1N=Cc1cc(Br)ccc1O. The van der Waals surface area contributed by atoms with Crippen molar-refractivity contribution in [3.05, 3.63) is 105 Å². The molecule has 34 heavy (non-hydrogen) atoms. The maximum Gasteiger partial charge on any atom is 0.124 e. The van der Waals surface area contributed by atoms with Crippen molar-refractivity contribution < 1.29 is 10.2 Å². The lowest BCUT2D eigenvalue weighted by Gasteiger charge is -2.07. The number of para-hydroxylation sites is 2. The second-order valence-corrected chi connectivity index (χ2v) is 11.1. The summed E-state index contributed by atoms with van der Waals surface area (Å²) in [5.41, 5.74) is 2.88. The molecular weight excluding hydrogens is 596 g/mol. The lowest BCUT2D eigenvalue weighted by molar-refractivity contribution is 0.474. The van der Waals surface area contributed by atoms with Gasteiger partial charge in [-0.1, -0.05) is 77.7 Å². The zero-order valence-electron chi connectivity index (χ0n) is 17.6. The van der Waals surface area contributed by atoms with Gasteiger partial charge in [-0.15, -0.1) is 0 Å². The van der Waals surface area contributed by atoms with Crippen LogP contribution >= 0.6 is 53.4 Å². The molecule has 0 heterocycles. The Hall–Kier alpha value is -2.52. The molecule has 0 radical (unpaired) electrons. The van der Waals surface area contributed by atoms with Gasteiger partial charge in [0.15, 0.2) is 0 Å². The molecule has 0 bridgehead atoms. The highest BCUT2D eigenvalue weighted by atomic mass is 79.9. The molecule has 2 N–H and O–H groups in total. The van der Waals surface area contributed by atoms with E-state index in [1.165, 1.54) is 0 Å². The van der Waals surface area contributed by atoms with Crippen LogP contribution in [0.5, 0.6) is 11.5 Å². The molecule has 0 aliphatic rings. The molecule has 4 rings (SSSR count). The van der Waals surface area contributed by atoms with Gasteiger partial charge in [0.2, 0.25) is 0 Å². The molecule has 8 heteroatoms. The molecule has 0 unspecified atom stereocenters. The predicted molar refractivity (Wildman–Crippen MR) is 151 cm³/mol. The van der Waals surface area contributed by atoms with Crippen LogP contribution in [0.3, 0.4) is 0 Å². The van der Waals surface area contributed by atoms with E-state index in [1.807, 2.05) is 60.7 Å². The smallest absolute Gasteiger partial charge is 0.124 e. The Labute approximate surface area is 222 Å². The summed E-state index contributed by atoms with van der Waals surface area (Å²) in [6.45, 7) is 0. The minimum Gasteiger partial charge on any atom is -0.507 e. The topological polar surface area (TPSA) is 65.2 Å². The first kappa shape index (κ1) is 24.6. The Kier molecular flexibility index (Phi) is 8.50. The second kappa shape index (κ2) is 11.8. The van der Waals surface area contributed by atoms with Crippen molar-refractivity contribution in [1.82, 2.24) is 0 Å². The van der Waals surface area contributed by atoms with E-state index in [1.54, 1.807) is 58.3 Å². The third-order valence-electron chi connectivity index (χ3n) is 4.62. The van der Waals surface area contributed by atoms with E-state index in [0.29, 0.717) is 11.1 Å². The molecule has 0 aliphatic carbocycles. The average Bonchev–Trinajstić information content (AvgIpc) is 2.85. The average molecular weight is 614 g/mol. The monoisotopic (exact) mass is 612 g/mol. The van der Waals surface area contributed by atoms with Gasteiger partial charge in [-0.25, -0.2) is 0 Å². The third-order valence-corrected chi connectivity index (χ3v) is 8.06. The fraction of sp³-hybridized carbons (Fsp3) is 0. The molecule has 0 atom stereocenters. The fourth-order valence-corrected chi connectivity index (χ4v) is 5.90. The molecule has 170 valence electrons. The Balaban J connectivity index is 1.53. The lowest BCUT2D eigenvalue weighted by atomic mass is 10.2. The van der Waals surface area contributed by atoms with E-state index < -0.39 is 0 Å². The van der Waals surface area contributed by atoms with Gasteiger partial charge in [0.05, 0.1) is 11.4 Å². The van der Waals surface area contributed by atoms with Crippen LogP contribution in [0.25, 0.3) is 0 Å². The number of hydrogen-bond donors (Lipinski definition) is 2. The minimum atomic E-state index is 0.176. The summed E-state index contributed by atoms with van der Waals surface area (Å²) < 4.78 is 1.75. The number of aliphatic imine (C=N–C) groups is 2. The highest BCUT2D eigenvalue weighted by Gasteiger charge is 2.07. The summed E-state index contributed by atoms with van der Waals surface area (Å²) in [5, 5.41) is 20.2. The molecule has 4 aromatic rings. The van der Waals surface area contributed by atoms with E-state index >= 15 is 0 Å². The summed E-state index contributed by atoms with van der Waals surface area (Å²) in [4.78, 5) is 11.2. The number of aromatic hydroxyl groups is 2. The zero-order valence-corrected chi connectivity index (χ0v) is 22.4. The fourth-order valence-electron chi connectivity index (χ4n) is 2.89. The predicted octanol–water partition coefficient (Wildman–Crippen LogP) is 8.92. The molecule has 4 nitrogen and oxygen atoms in total. The van der Waals surface area contributed by atoms with Gasteiger partial charge in [0.1, 0.15) is 11.5 Å². The standard InChI is InChI=1S/C26H18Br2N2O2S2/c27-19-9-11-23(31)17(13-19)15-29-21-5-1-3-7-25(21)33-34-26-8-4-2-6-22(26)30-16-18-14-20(28)10-12-24(18)32/h1-16,31-32H. The molecule has 4 aromatic carbocycles. The van der Waals surface area contributed by atoms with Gasteiger partial charge >= 0.3 is 0 Å². The molecule has 0 saturated carbocycles. The lowest BCUT2D eigenvalue weighted by Crippen LogP contribution is -1.83. The molecule has 0 aliphatic heterocycles. The zero-order chi connectivity index (χ0) is 23.9. The molecule has 0 spiro atoms. The number of benzene rings is 4. The van der Waals surface area contributed by atoms with E-state index in [-0.39, 0.29) is 11.5 Å². The van der Waals surface area contributed by atoms with E-state index in [2.05, 4.69) is 41.8 Å². The number of phenols is 2. The van der Waals surface area contributed by atoms with Crippen molar-refractivity contribution in [3.8, 4) is 11.5 Å². The maximum absolute atomic E-state index is 10.1. The van der Waals surface area contributed by atoms with E-state index in [9.17, 15) is 10.2 Å².